The van der Waals surface area contributed by atoms with Crippen molar-refractivity contribution in [2.75, 3.05) is 6.54 Å². The maximum absolute atomic E-state index is 12.3. The molecule has 1 amide bonds. The van der Waals surface area contributed by atoms with Crippen LogP contribution in [0, 0.1) is 5.92 Å². The average Bonchev–Trinajstić information content (AvgIpc) is 3.24. The van der Waals surface area contributed by atoms with Gasteiger partial charge in [0.15, 0.2) is 5.76 Å². The molecule has 2 aliphatic rings. The van der Waals surface area contributed by atoms with Gasteiger partial charge < -0.3 is 15.1 Å². The Morgan fingerprint density at radius 3 is 2.95 bits per heavy atom. The van der Waals surface area contributed by atoms with Gasteiger partial charge in [0, 0.05) is 17.6 Å². The second-order valence-electron chi connectivity index (χ2n) is 5.94. The van der Waals surface area contributed by atoms with Crippen LogP contribution in [0.15, 0.2) is 34.9 Å². The van der Waals surface area contributed by atoms with Crippen LogP contribution in [0.25, 0.3) is 11.3 Å². The van der Waals surface area contributed by atoms with Crippen LogP contribution in [0.3, 0.4) is 0 Å². The van der Waals surface area contributed by atoms with E-state index >= 15 is 0 Å². The Bertz CT molecular complexity index is 715. The summed E-state index contributed by atoms with van der Waals surface area (Å²) in [5, 5.41) is 7.01. The molecule has 2 fully saturated rings. The van der Waals surface area contributed by atoms with Crippen LogP contribution in [-0.4, -0.2) is 29.5 Å². The van der Waals surface area contributed by atoms with Gasteiger partial charge in [-0.05, 0) is 37.4 Å². The number of hydrogen-bond acceptors (Lipinski definition) is 4. The van der Waals surface area contributed by atoms with Gasteiger partial charge in [0.25, 0.3) is 5.89 Å². The largest absolute Gasteiger partial charge is 0.432 e. The first-order valence-electron chi connectivity index (χ1n) is 7.45. The SMILES string of the molecule is O=C(NC1CC2CNC1C2)c1ncc(-c2ccccc2Cl)o1. The summed E-state index contributed by atoms with van der Waals surface area (Å²) in [6.07, 6.45) is 3.71. The number of amides is 1. The molecule has 5 nitrogen and oxygen atoms in total. The van der Waals surface area contributed by atoms with E-state index in [2.05, 4.69) is 15.6 Å². The predicted octanol–water partition coefficient (Wildman–Crippen LogP) is 2.48. The number of rotatable bonds is 3. The van der Waals surface area contributed by atoms with Gasteiger partial charge in [-0.2, -0.15) is 0 Å². The summed E-state index contributed by atoms with van der Waals surface area (Å²) in [7, 11) is 0. The van der Waals surface area contributed by atoms with Crippen molar-refractivity contribution in [3.63, 3.8) is 0 Å². The highest BCUT2D eigenvalue weighted by molar-refractivity contribution is 6.33. The third kappa shape index (κ3) is 2.40. The highest BCUT2D eigenvalue weighted by Gasteiger charge is 2.40. The van der Waals surface area contributed by atoms with Crippen molar-refractivity contribution in [3.05, 3.63) is 41.4 Å². The molecule has 1 aliphatic heterocycles. The molecule has 3 unspecified atom stereocenters. The summed E-state index contributed by atoms with van der Waals surface area (Å²) >= 11 is 6.13. The molecule has 1 saturated carbocycles. The number of nitrogens with zero attached hydrogens (tertiary/aromatic N) is 1. The minimum absolute atomic E-state index is 0.0812. The summed E-state index contributed by atoms with van der Waals surface area (Å²) in [5.41, 5.74) is 0.734. The van der Waals surface area contributed by atoms with Crippen LogP contribution in [0.5, 0.6) is 0 Å². The van der Waals surface area contributed by atoms with Crippen LogP contribution in [0.1, 0.15) is 23.5 Å². The Kier molecular flexibility index (Phi) is 3.39. The third-order valence-electron chi connectivity index (χ3n) is 4.48. The van der Waals surface area contributed by atoms with Crippen molar-refractivity contribution in [3.8, 4) is 11.3 Å². The fraction of sp³-hybridized carbons (Fsp3) is 0.375. The number of fused-ring (bicyclic) bond motifs is 2. The van der Waals surface area contributed by atoms with E-state index in [1.165, 1.54) is 6.20 Å². The Morgan fingerprint density at radius 1 is 1.36 bits per heavy atom. The van der Waals surface area contributed by atoms with E-state index in [4.69, 9.17) is 16.0 Å². The smallest absolute Gasteiger partial charge is 0.307 e. The average molecular weight is 318 g/mol. The summed E-state index contributed by atoms with van der Waals surface area (Å²) in [6, 6.07) is 7.88. The molecule has 114 valence electrons. The zero-order valence-corrected chi connectivity index (χ0v) is 12.6. The molecule has 4 rings (SSSR count). The molecule has 2 aromatic rings. The number of hydrogen-bond donors (Lipinski definition) is 2. The van der Waals surface area contributed by atoms with E-state index in [-0.39, 0.29) is 17.8 Å². The Balaban J connectivity index is 1.49. The van der Waals surface area contributed by atoms with Gasteiger partial charge in [0.1, 0.15) is 0 Å². The summed E-state index contributed by atoms with van der Waals surface area (Å²) in [5.74, 6) is 0.996. The van der Waals surface area contributed by atoms with Crippen molar-refractivity contribution in [2.45, 2.75) is 24.9 Å². The number of carbonyl (C=O) groups is 1. The standard InChI is InChI=1S/C16H16ClN3O2/c17-11-4-2-1-3-10(11)14-8-19-16(22-14)15(21)20-13-6-9-5-12(13)18-7-9/h1-4,8-9,12-13,18H,5-7H2,(H,20,21). The van der Waals surface area contributed by atoms with Gasteiger partial charge in [-0.3, -0.25) is 4.79 Å². The highest BCUT2D eigenvalue weighted by Crippen LogP contribution is 2.31. The molecule has 2 heterocycles. The first kappa shape index (κ1) is 13.8. The predicted molar refractivity (Wildman–Crippen MR) is 82.7 cm³/mol. The molecule has 0 spiro atoms. The number of benzene rings is 1. The van der Waals surface area contributed by atoms with Gasteiger partial charge in [0.2, 0.25) is 0 Å². The molecule has 1 saturated heterocycles. The van der Waals surface area contributed by atoms with Crippen LogP contribution in [0.2, 0.25) is 5.02 Å². The van der Waals surface area contributed by atoms with E-state index in [0.717, 1.165) is 24.9 Å². The Hall–Kier alpha value is -1.85. The van der Waals surface area contributed by atoms with Crippen LogP contribution in [0.4, 0.5) is 0 Å². The van der Waals surface area contributed by atoms with Gasteiger partial charge in [-0.15, -0.1) is 0 Å². The number of nitrogens with one attached hydrogen (secondary N) is 2. The monoisotopic (exact) mass is 317 g/mol. The fourth-order valence-electron chi connectivity index (χ4n) is 3.41. The van der Waals surface area contributed by atoms with Gasteiger partial charge >= 0.3 is 5.91 Å². The van der Waals surface area contributed by atoms with Gasteiger partial charge in [-0.25, -0.2) is 4.98 Å². The number of oxazole rings is 1. The summed E-state index contributed by atoms with van der Waals surface area (Å²) in [6.45, 7) is 1.06. The molecule has 3 atom stereocenters. The number of aromatic nitrogens is 1. The fourth-order valence-corrected chi connectivity index (χ4v) is 3.64. The highest BCUT2D eigenvalue weighted by atomic mass is 35.5. The molecule has 22 heavy (non-hydrogen) atoms. The van der Waals surface area contributed by atoms with E-state index in [1.807, 2.05) is 18.2 Å². The minimum atomic E-state index is -0.266. The van der Waals surface area contributed by atoms with Crippen LogP contribution < -0.4 is 10.6 Å². The topological polar surface area (TPSA) is 67.2 Å². The number of carbonyl (C=O) groups excluding carboxylic acids is 1. The maximum Gasteiger partial charge on any atom is 0.307 e. The molecule has 6 heteroatoms. The van der Waals surface area contributed by atoms with Gasteiger partial charge in [-0.1, -0.05) is 23.7 Å². The lowest BCUT2D eigenvalue weighted by molar-refractivity contribution is 0.0894. The number of piperidine rings is 1. The molecular weight excluding hydrogens is 302 g/mol. The van der Waals surface area contributed by atoms with E-state index in [1.54, 1.807) is 6.07 Å². The van der Waals surface area contributed by atoms with Crippen molar-refractivity contribution in [1.82, 2.24) is 15.6 Å². The molecule has 0 radical (unpaired) electrons. The first-order valence-corrected chi connectivity index (χ1v) is 7.83. The molecule has 2 N–H and O–H groups in total. The lowest BCUT2D eigenvalue weighted by Gasteiger charge is -2.23. The quantitative estimate of drug-likeness (QED) is 0.912. The van der Waals surface area contributed by atoms with E-state index < -0.39 is 0 Å². The Labute approximate surface area is 133 Å². The summed E-state index contributed by atoms with van der Waals surface area (Å²) < 4.78 is 5.57. The Morgan fingerprint density at radius 2 is 2.23 bits per heavy atom. The van der Waals surface area contributed by atoms with Crippen LogP contribution >= 0.6 is 11.6 Å². The number of halogens is 1. The van der Waals surface area contributed by atoms with E-state index in [9.17, 15) is 4.79 Å². The zero-order chi connectivity index (χ0) is 15.1. The maximum atomic E-state index is 12.3. The first-order chi connectivity index (χ1) is 10.7. The van der Waals surface area contributed by atoms with E-state index in [0.29, 0.717) is 22.7 Å². The van der Waals surface area contributed by atoms with Crippen LogP contribution in [-0.2, 0) is 0 Å². The zero-order valence-electron chi connectivity index (χ0n) is 11.9. The molecule has 1 aromatic heterocycles. The molecule has 1 aromatic carbocycles. The lowest BCUT2D eigenvalue weighted by atomic mass is 10.1. The van der Waals surface area contributed by atoms with Crippen molar-refractivity contribution >= 4 is 17.5 Å². The van der Waals surface area contributed by atoms with Crippen molar-refractivity contribution < 1.29 is 9.21 Å². The lowest BCUT2D eigenvalue weighted by Crippen LogP contribution is -2.48. The normalized spacial score (nSPS) is 26.3. The third-order valence-corrected chi connectivity index (χ3v) is 4.81. The minimum Gasteiger partial charge on any atom is -0.432 e. The summed E-state index contributed by atoms with van der Waals surface area (Å²) in [4.78, 5) is 16.4. The second kappa shape index (κ2) is 5.41. The second-order valence-corrected chi connectivity index (χ2v) is 6.35. The molecular formula is C16H16ClN3O2. The molecule has 2 bridgehead atoms. The van der Waals surface area contributed by atoms with Gasteiger partial charge in [0.05, 0.1) is 11.2 Å². The molecule has 1 aliphatic carbocycles. The van der Waals surface area contributed by atoms with Crippen molar-refractivity contribution in [2.24, 2.45) is 5.92 Å². The van der Waals surface area contributed by atoms with Crippen molar-refractivity contribution in [1.29, 1.82) is 0 Å².